The lowest BCUT2D eigenvalue weighted by atomic mass is 9.84. The smallest absolute Gasteiger partial charge is 0.333 e. The second kappa shape index (κ2) is 12.9. The molecule has 1 amide bonds. The minimum Gasteiger partial charge on any atom is -0.479 e. The van der Waals surface area contributed by atoms with E-state index >= 15 is 0 Å². The lowest BCUT2D eigenvalue weighted by molar-refractivity contribution is -0.231. The van der Waals surface area contributed by atoms with Gasteiger partial charge in [-0.25, -0.2) is 4.79 Å². The summed E-state index contributed by atoms with van der Waals surface area (Å²) in [4.78, 5) is 23.3. The summed E-state index contributed by atoms with van der Waals surface area (Å²) in [5.41, 5.74) is 0. The number of aliphatic carboxylic acids is 1. The van der Waals surface area contributed by atoms with E-state index in [2.05, 4.69) is 5.32 Å². The lowest BCUT2D eigenvalue weighted by Gasteiger charge is -2.45. The quantitative estimate of drug-likeness (QED) is 0.173. The van der Waals surface area contributed by atoms with Crippen molar-refractivity contribution in [1.29, 1.82) is 0 Å². The molecule has 13 nitrogen and oxygen atoms in total. The molecule has 0 aliphatic carbocycles. The molecule has 2 aliphatic rings. The molecular weight excluding hydrogens is 446 g/mol. The predicted octanol–water partition coefficient (Wildman–Crippen LogP) is -3.27. The van der Waals surface area contributed by atoms with Crippen molar-refractivity contribution < 1.29 is 58.8 Å². The molecular formula is C20H35NO12. The van der Waals surface area contributed by atoms with Crippen molar-refractivity contribution in [2.45, 2.75) is 55.7 Å². The average Bonchev–Trinajstić information content (AvgIpc) is 2.76. The van der Waals surface area contributed by atoms with Crippen LogP contribution in [0.2, 0.25) is 0 Å². The fraction of sp³-hybridized carbons (Fsp3) is 0.900. The standard InChI is InChI=1S/C20H35NO12/c1-9(23)21-15-10(16(24)12(4-22)32-13(15)7-30-3)6-31-8-14-18(26)17(25)11(5-29-2)19(33-14)20(27)28/h10-19,22,24-26H,4-8H2,1-3H3,(H,21,23)(H,27,28)/t10-,11-,12?,13+,14+,15?,16-,17+,18?,19?/m1/s1. The number of amides is 1. The Labute approximate surface area is 191 Å². The maximum absolute atomic E-state index is 11.7. The van der Waals surface area contributed by atoms with Crippen molar-refractivity contribution in [3.63, 3.8) is 0 Å². The zero-order valence-corrected chi connectivity index (χ0v) is 18.9. The molecule has 6 N–H and O–H groups in total. The van der Waals surface area contributed by atoms with Crippen molar-refractivity contribution >= 4 is 11.9 Å². The van der Waals surface area contributed by atoms with Crippen LogP contribution in [0, 0.1) is 11.8 Å². The molecule has 2 fully saturated rings. The van der Waals surface area contributed by atoms with Gasteiger partial charge in [-0.15, -0.1) is 0 Å². The molecule has 0 spiro atoms. The summed E-state index contributed by atoms with van der Waals surface area (Å²) in [5.74, 6) is -3.37. The van der Waals surface area contributed by atoms with E-state index in [0.717, 1.165) is 0 Å². The van der Waals surface area contributed by atoms with Crippen LogP contribution in [0.25, 0.3) is 0 Å². The molecule has 0 aromatic heterocycles. The highest BCUT2D eigenvalue weighted by Crippen LogP contribution is 2.29. The zero-order valence-electron chi connectivity index (χ0n) is 18.9. The van der Waals surface area contributed by atoms with Gasteiger partial charge in [0.05, 0.1) is 51.3 Å². The first-order valence-electron chi connectivity index (χ1n) is 10.7. The Morgan fingerprint density at radius 1 is 0.848 bits per heavy atom. The molecule has 33 heavy (non-hydrogen) atoms. The lowest BCUT2D eigenvalue weighted by Crippen LogP contribution is -2.63. The first-order valence-corrected chi connectivity index (χ1v) is 10.7. The van der Waals surface area contributed by atoms with E-state index in [0.29, 0.717) is 0 Å². The van der Waals surface area contributed by atoms with Gasteiger partial charge in [-0.05, 0) is 0 Å². The van der Waals surface area contributed by atoms with Gasteiger partial charge in [0.2, 0.25) is 5.91 Å². The van der Waals surface area contributed by atoms with Crippen molar-refractivity contribution in [3.05, 3.63) is 0 Å². The first kappa shape index (κ1) is 27.8. The van der Waals surface area contributed by atoms with Gasteiger partial charge in [0.25, 0.3) is 0 Å². The molecule has 2 rings (SSSR count). The normalized spacial score (nSPS) is 39.2. The first-order chi connectivity index (χ1) is 15.7. The van der Waals surface area contributed by atoms with Crippen molar-refractivity contribution in [1.82, 2.24) is 5.32 Å². The summed E-state index contributed by atoms with van der Waals surface area (Å²) in [6, 6.07) is -0.708. The van der Waals surface area contributed by atoms with Crippen LogP contribution >= 0.6 is 0 Å². The topological polar surface area (TPSA) is 193 Å². The van der Waals surface area contributed by atoms with Crippen molar-refractivity contribution in [2.24, 2.45) is 11.8 Å². The van der Waals surface area contributed by atoms with Gasteiger partial charge in [-0.1, -0.05) is 0 Å². The van der Waals surface area contributed by atoms with Crippen LogP contribution in [0.3, 0.4) is 0 Å². The van der Waals surface area contributed by atoms with Crippen molar-refractivity contribution in [2.75, 3.05) is 47.3 Å². The summed E-state index contributed by atoms with van der Waals surface area (Å²) >= 11 is 0. The van der Waals surface area contributed by atoms with E-state index in [9.17, 15) is 35.1 Å². The molecule has 13 heteroatoms. The van der Waals surface area contributed by atoms with E-state index in [-0.39, 0.29) is 32.3 Å². The van der Waals surface area contributed by atoms with Crippen LogP contribution in [-0.4, -0.2) is 133 Å². The molecule has 2 heterocycles. The fourth-order valence-corrected chi connectivity index (χ4v) is 4.35. The van der Waals surface area contributed by atoms with E-state index < -0.39 is 73.2 Å². The number of hydrogen-bond acceptors (Lipinski definition) is 11. The van der Waals surface area contributed by atoms with Crippen LogP contribution in [0.4, 0.5) is 0 Å². The third kappa shape index (κ3) is 6.81. The Morgan fingerprint density at radius 2 is 1.52 bits per heavy atom. The number of hydrogen-bond donors (Lipinski definition) is 6. The number of nitrogens with one attached hydrogen (secondary N) is 1. The van der Waals surface area contributed by atoms with Gasteiger partial charge in [0.1, 0.15) is 24.4 Å². The van der Waals surface area contributed by atoms with Gasteiger partial charge in [0, 0.05) is 33.0 Å². The zero-order chi connectivity index (χ0) is 24.7. The fourth-order valence-electron chi connectivity index (χ4n) is 4.35. The highest BCUT2D eigenvalue weighted by atomic mass is 16.6. The number of ether oxygens (including phenoxy) is 5. The monoisotopic (exact) mass is 481 g/mol. The van der Waals surface area contributed by atoms with Crippen LogP contribution < -0.4 is 5.32 Å². The SMILES string of the molecule is COC[C@@H]1OC(CO)[C@H](O)[C@H](COC[C@@H]2OC(C(=O)O)[C@H](COC)[C@H](O)C2O)C1NC(C)=O. The number of carboxylic acids is 1. The summed E-state index contributed by atoms with van der Waals surface area (Å²) < 4.78 is 26.8. The van der Waals surface area contributed by atoms with E-state index in [4.69, 9.17) is 23.7 Å². The highest BCUT2D eigenvalue weighted by molar-refractivity contribution is 5.73. The summed E-state index contributed by atoms with van der Waals surface area (Å²) in [6.45, 7) is 0.359. The third-order valence-corrected chi connectivity index (χ3v) is 5.99. The Bertz CT molecular complexity index is 636. The number of methoxy groups -OCH3 is 2. The number of carboxylic acid groups (broad SMARTS) is 1. The number of carbonyl (C=O) groups is 2. The molecule has 0 bridgehead atoms. The molecule has 0 aromatic carbocycles. The average molecular weight is 481 g/mol. The molecule has 2 aliphatic heterocycles. The maximum Gasteiger partial charge on any atom is 0.333 e. The Hall–Kier alpha value is -1.42. The van der Waals surface area contributed by atoms with Crippen LogP contribution in [0.1, 0.15) is 6.92 Å². The van der Waals surface area contributed by atoms with Gasteiger partial charge >= 0.3 is 5.97 Å². The minimum atomic E-state index is -1.43. The van der Waals surface area contributed by atoms with Crippen LogP contribution in [0.5, 0.6) is 0 Å². The van der Waals surface area contributed by atoms with Crippen LogP contribution in [-0.2, 0) is 33.3 Å². The van der Waals surface area contributed by atoms with Gasteiger partial charge in [-0.2, -0.15) is 0 Å². The van der Waals surface area contributed by atoms with E-state index in [1.165, 1.54) is 21.1 Å². The molecule has 4 unspecified atom stereocenters. The maximum atomic E-state index is 11.7. The Morgan fingerprint density at radius 3 is 2.06 bits per heavy atom. The molecule has 10 atom stereocenters. The largest absolute Gasteiger partial charge is 0.479 e. The number of aliphatic hydroxyl groups excluding tert-OH is 4. The summed E-state index contributed by atoms with van der Waals surface area (Å²) in [5, 5.41) is 53.2. The highest BCUT2D eigenvalue weighted by Gasteiger charge is 2.48. The molecule has 2 saturated heterocycles. The van der Waals surface area contributed by atoms with Crippen LogP contribution in [0.15, 0.2) is 0 Å². The number of carbonyl (C=O) groups excluding carboxylic acids is 1. The molecule has 0 radical (unpaired) electrons. The summed E-state index contributed by atoms with van der Waals surface area (Å²) in [7, 11) is 2.79. The second-order valence-electron chi connectivity index (χ2n) is 8.30. The van der Waals surface area contributed by atoms with E-state index in [1.54, 1.807) is 0 Å². The van der Waals surface area contributed by atoms with Gasteiger partial charge in [0.15, 0.2) is 6.10 Å². The van der Waals surface area contributed by atoms with Gasteiger partial charge in [-0.3, -0.25) is 4.79 Å². The summed E-state index contributed by atoms with van der Waals surface area (Å²) in [6.07, 6.45) is -8.22. The predicted molar refractivity (Wildman–Crippen MR) is 109 cm³/mol. The van der Waals surface area contributed by atoms with Gasteiger partial charge < -0.3 is 54.5 Å². The third-order valence-electron chi connectivity index (χ3n) is 5.99. The molecule has 0 aromatic rings. The van der Waals surface area contributed by atoms with E-state index in [1.807, 2.05) is 0 Å². The Kier molecular flexibility index (Phi) is 10.9. The number of rotatable bonds is 11. The molecule has 0 saturated carbocycles. The Balaban J connectivity index is 2.09. The van der Waals surface area contributed by atoms with Crippen molar-refractivity contribution in [3.8, 4) is 0 Å². The molecule has 192 valence electrons. The number of aliphatic hydroxyl groups is 4. The minimum absolute atomic E-state index is 0.0858. The second-order valence-corrected chi connectivity index (χ2v) is 8.30.